The first-order valence-electron chi connectivity index (χ1n) is 9.78. The third kappa shape index (κ3) is 5.61. The van der Waals surface area contributed by atoms with Crippen molar-refractivity contribution in [3.8, 4) is 16.9 Å². The first-order chi connectivity index (χ1) is 14.1. The Balaban J connectivity index is 0.000000755. The van der Waals surface area contributed by atoms with Crippen molar-refractivity contribution in [2.75, 3.05) is 6.26 Å². The molecule has 29 heavy (non-hydrogen) atoms. The van der Waals surface area contributed by atoms with Crippen molar-refractivity contribution in [3.05, 3.63) is 71.7 Å². The quantitative estimate of drug-likeness (QED) is 0.500. The zero-order valence-corrected chi connectivity index (χ0v) is 17.7. The average molecular weight is 415 g/mol. The number of nitrogens with two attached hydrogens (primary N) is 1. The molecule has 1 aromatic heterocycles. The molecule has 4 nitrogen and oxygen atoms in total. The predicted octanol–water partition coefficient (Wildman–Crippen LogP) is 6.25. The maximum absolute atomic E-state index is 14.3. The first-order valence-corrected chi connectivity index (χ1v) is 11.1. The van der Waals surface area contributed by atoms with E-state index in [2.05, 4.69) is 4.98 Å². The topological polar surface area (TPSA) is 61.3 Å². The molecule has 0 spiro atoms. The van der Waals surface area contributed by atoms with Gasteiger partial charge in [-0.15, -0.1) is 0 Å². The summed E-state index contributed by atoms with van der Waals surface area (Å²) < 4.78 is 25.9. The summed E-state index contributed by atoms with van der Waals surface area (Å²) in [7, 11) is 0. The molecule has 1 saturated carbocycles. The third-order valence-electron chi connectivity index (χ3n) is 4.95. The maximum atomic E-state index is 14.3. The minimum absolute atomic E-state index is 0.253. The van der Waals surface area contributed by atoms with Crippen molar-refractivity contribution >= 4 is 11.9 Å². The van der Waals surface area contributed by atoms with Crippen LogP contribution in [-0.4, -0.2) is 11.2 Å². The Labute approximate surface area is 175 Å². The normalized spacial score (nSPS) is 13.8. The molecular weight excluding hydrogens is 387 g/mol. The van der Waals surface area contributed by atoms with Crippen LogP contribution in [0.4, 0.5) is 4.39 Å². The van der Waals surface area contributed by atoms with Crippen LogP contribution in [0, 0.1) is 12.7 Å². The number of ether oxygens (including phenoxy) is 1. The Kier molecular flexibility index (Phi) is 7.72. The minimum atomic E-state index is -0.253. The summed E-state index contributed by atoms with van der Waals surface area (Å²) in [5.74, 6) is 1.65. The van der Waals surface area contributed by atoms with Crippen molar-refractivity contribution in [1.82, 2.24) is 4.98 Å². The number of para-hydroxylation sites is 1. The summed E-state index contributed by atoms with van der Waals surface area (Å²) >= 11 is 1.25. The fourth-order valence-corrected chi connectivity index (χ4v) is 3.56. The molecule has 0 saturated heterocycles. The number of halogens is 1. The van der Waals surface area contributed by atoms with Crippen LogP contribution < -0.4 is 9.88 Å². The lowest BCUT2D eigenvalue weighted by Crippen LogP contribution is -1.99. The van der Waals surface area contributed by atoms with E-state index in [9.17, 15) is 4.39 Å². The van der Waals surface area contributed by atoms with Gasteiger partial charge in [0.1, 0.15) is 30.1 Å². The summed E-state index contributed by atoms with van der Waals surface area (Å²) in [5, 5.41) is 4.76. The van der Waals surface area contributed by atoms with Crippen LogP contribution in [0.15, 0.2) is 53.1 Å². The maximum Gasteiger partial charge on any atom is 0.197 e. The van der Waals surface area contributed by atoms with E-state index < -0.39 is 0 Å². The van der Waals surface area contributed by atoms with E-state index in [0.717, 1.165) is 35.6 Å². The molecule has 3 aromatic rings. The fraction of sp³-hybridized carbons (Fsp3) is 0.348. The van der Waals surface area contributed by atoms with E-state index in [1.165, 1.54) is 30.9 Å². The van der Waals surface area contributed by atoms with Crippen LogP contribution in [0.5, 0.6) is 5.75 Å². The molecule has 154 valence electrons. The molecule has 6 heteroatoms. The highest BCUT2D eigenvalue weighted by atomic mass is 32.2. The van der Waals surface area contributed by atoms with Gasteiger partial charge in [-0.3, -0.25) is 5.14 Å². The molecule has 0 amide bonds. The largest absolute Gasteiger partial charge is 0.487 e. The summed E-state index contributed by atoms with van der Waals surface area (Å²) in [4.78, 5) is 4.58. The molecule has 0 aliphatic heterocycles. The lowest BCUT2D eigenvalue weighted by molar-refractivity contribution is 0.302. The van der Waals surface area contributed by atoms with Gasteiger partial charge in [0.15, 0.2) is 5.89 Å². The van der Waals surface area contributed by atoms with Crippen molar-refractivity contribution in [1.29, 1.82) is 0 Å². The van der Waals surface area contributed by atoms with Gasteiger partial charge in [0.05, 0.1) is 0 Å². The van der Waals surface area contributed by atoms with E-state index in [1.54, 1.807) is 12.3 Å². The highest BCUT2D eigenvalue weighted by Crippen LogP contribution is 2.34. The van der Waals surface area contributed by atoms with Gasteiger partial charge in [-0.2, -0.15) is 0 Å². The van der Waals surface area contributed by atoms with Crippen molar-refractivity contribution in [2.24, 2.45) is 5.14 Å². The number of benzene rings is 2. The highest BCUT2D eigenvalue weighted by molar-refractivity contribution is 7.96. The standard InChI is InChI=1S/C22H22FNO2.CH5NS/c1-15-10-11-20(23)19(12-15)18-8-4-5-9-21(18)25-13-17-14-26-22(24-17)16-6-2-3-7-16;1-3-2/h4-5,8-12,14,16H,2-3,6-7,13H2,1H3;2H2,1H3. The monoisotopic (exact) mass is 414 g/mol. The second-order valence-electron chi connectivity index (χ2n) is 7.16. The fourth-order valence-electron chi connectivity index (χ4n) is 3.56. The van der Waals surface area contributed by atoms with E-state index >= 15 is 0 Å². The Hall–Kier alpha value is -2.31. The first kappa shape index (κ1) is 21.4. The number of hydrogen-bond donors (Lipinski definition) is 1. The van der Waals surface area contributed by atoms with Gasteiger partial charge in [-0.1, -0.05) is 54.6 Å². The predicted molar refractivity (Wildman–Crippen MR) is 116 cm³/mol. The van der Waals surface area contributed by atoms with Crippen LogP contribution in [0.25, 0.3) is 11.1 Å². The van der Waals surface area contributed by atoms with E-state index in [1.807, 2.05) is 43.5 Å². The molecule has 4 rings (SSSR count). The second-order valence-corrected chi connectivity index (χ2v) is 7.63. The number of rotatable bonds is 5. The molecule has 0 unspecified atom stereocenters. The Morgan fingerprint density at radius 1 is 1.17 bits per heavy atom. The van der Waals surface area contributed by atoms with Gasteiger partial charge in [-0.25, -0.2) is 9.37 Å². The van der Waals surface area contributed by atoms with Crippen LogP contribution in [0.2, 0.25) is 0 Å². The van der Waals surface area contributed by atoms with Gasteiger partial charge < -0.3 is 9.15 Å². The van der Waals surface area contributed by atoms with Crippen molar-refractivity contribution in [3.63, 3.8) is 0 Å². The molecule has 1 aliphatic carbocycles. The van der Waals surface area contributed by atoms with Crippen LogP contribution in [0.3, 0.4) is 0 Å². The molecule has 0 radical (unpaired) electrons. The summed E-state index contributed by atoms with van der Waals surface area (Å²) in [5.41, 5.74) is 3.07. The number of aromatic nitrogens is 1. The van der Waals surface area contributed by atoms with Gasteiger partial charge >= 0.3 is 0 Å². The molecule has 0 atom stereocenters. The van der Waals surface area contributed by atoms with Crippen molar-refractivity contribution in [2.45, 2.75) is 45.1 Å². The van der Waals surface area contributed by atoms with E-state index in [0.29, 0.717) is 23.8 Å². The summed E-state index contributed by atoms with van der Waals surface area (Å²) in [6.07, 6.45) is 8.28. The zero-order chi connectivity index (χ0) is 20.6. The average Bonchev–Trinajstić information content (AvgIpc) is 3.41. The molecule has 1 fully saturated rings. The van der Waals surface area contributed by atoms with Gasteiger partial charge in [0.25, 0.3) is 0 Å². The Morgan fingerprint density at radius 2 is 1.90 bits per heavy atom. The number of aryl methyl sites for hydroxylation is 1. The molecule has 0 bridgehead atoms. The van der Waals surface area contributed by atoms with Crippen LogP contribution in [-0.2, 0) is 6.61 Å². The zero-order valence-electron chi connectivity index (χ0n) is 16.9. The van der Waals surface area contributed by atoms with Gasteiger partial charge in [0, 0.05) is 17.0 Å². The molecule has 1 aliphatic rings. The van der Waals surface area contributed by atoms with Gasteiger partial charge in [0.2, 0.25) is 0 Å². The minimum Gasteiger partial charge on any atom is -0.487 e. The van der Waals surface area contributed by atoms with Gasteiger partial charge in [-0.05, 0) is 44.2 Å². The number of oxazole rings is 1. The summed E-state index contributed by atoms with van der Waals surface area (Å²) in [6, 6.07) is 12.6. The van der Waals surface area contributed by atoms with Crippen molar-refractivity contribution < 1.29 is 13.5 Å². The lowest BCUT2D eigenvalue weighted by Gasteiger charge is -2.12. The second kappa shape index (κ2) is 10.5. The number of hydrogen-bond acceptors (Lipinski definition) is 5. The molecule has 2 aromatic carbocycles. The molecular formula is C23H27FN2O2S. The van der Waals surface area contributed by atoms with E-state index in [4.69, 9.17) is 14.3 Å². The highest BCUT2D eigenvalue weighted by Gasteiger charge is 2.22. The van der Waals surface area contributed by atoms with E-state index in [-0.39, 0.29) is 5.82 Å². The Morgan fingerprint density at radius 3 is 2.66 bits per heavy atom. The van der Waals surface area contributed by atoms with Crippen LogP contribution in [0.1, 0.15) is 48.7 Å². The van der Waals surface area contributed by atoms with Crippen LogP contribution >= 0.6 is 11.9 Å². The lowest BCUT2D eigenvalue weighted by atomic mass is 10.0. The third-order valence-corrected chi connectivity index (χ3v) is 4.95. The Bertz CT molecular complexity index is 923. The summed E-state index contributed by atoms with van der Waals surface area (Å²) in [6.45, 7) is 2.26. The molecule has 2 N–H and O–H groups in total. The molecule has 1 heterocycles. The SMILES string of the molecule is CSN.Cc1ccc(F)c(-c2ccccc2OCc2coc(C3CCCC3)n2)c1. The number of nitrogens with zero attached hydrogens (tertiary/aromatic N) is 1. The smallest absolute Gasteiger partial charge is 0.197 e.